The maximum atomic E-state index is 12.4. The molecule has 0 spiro atoms. The summed E-state index contributed by atoms with van der Waals surface area (Å²) in [4.78, 5) is 39.3. The molecule has 0 radical (unpaired) electrons. The third-order valence-corrected chi connectivity index (χ3v) is 4.12. The molecule has 0 aromatic heterocycles. The molecule has 1 aliphatic rings. The molecule has 0 unspecified atom stereocenters. The normalized spacial score (nSPS) is 14.4. The second-order valence-electron chi connectivity index (χ2n) is 6.17. The lowest BCUT2D eigenvalue weighted by atomic mass is 10.0. The first-order valence-electron chi connectivity index (χ1n) is 8.55. The third-order valence-electron chi connectivity index (χ3n) is 4.12. The molecule has 1 aromatic rings. The molecule has 0 atom stereocenters. The SMILES string of the molecule is CCOC(=O)N1CCN(C(=O)C(=O)Nc2ccccc2C(C)C)CC1. The van der Waals surface area contributed by atoms with Crippen molar-refractivity contribution in [1.82, 2.24) is 9.80 Å². The number of anilines is 1. The molecule has 7 heteroatoms. The summed E-state index contributed by atoms with van der Waals surface area (Å²) in [5.74, 6) is -1.00. The molecule has 1 fully saturated rings. The Labute approximate surface area is 147 Å². The molecule has 1 heterocycles. The number of hydrogen-bond donors (Lipinski definition) is 1. The minimum absolute atomic E-state index is 0.236. The van der Waals surface area contributed by atoms with Crippen molar-refractivity contribution in [3.63, 3.8) is 0 Å². The minimum Gasteiger partial charge on any atom is -0.450 e. The van der Waals surface area contributed by atoms with Crippen LogP contribution in [-0.2, 0) is 14.3 Å². The highest BCUT2D eigenvalue weighted by atomic mass is 16.6. The number of piperazine rings is 1. The van der Waals surface area contributed by atoms with Crippen LogP contribution in [0.3, 0.4) is 0 Å². The van der Waals surface area contributed by atoms with Crippen LogP contribution in [0.1, 0.15) is 32.3 Å². The van der Waals surface area contributed by atoms with E-state index in [1.165, 1.54) is 4.90 Å². The lowest BCUT2D eigenvalue weighted by molar-refractivity contribution is -0.144. The highest BCUT2D eigenvalue weighted by Crippen LogP contribution is 2.23. The van der Waals surface area contributed by atoms with Gasteiger partial charge in [0.25, 0.3) is 0 Å². The van der Waals surface area contributed by atoms with Gasteiger partial charge in [-0.1, -0.05) is 32.0 Å². The number of hydrogen-bond acceptors (Lipinski definition) is 4. The van der Waals surface area contributed by atoms with Crippen LogP contribution >= 0.6 is 0 Å². The van der Waals surface area contributed by atoms with E-state index in [0.717, 1.165) is 5.56 Å². The van der Waals surface area contributed by atoms with Gasteiger partial charge in [0.15, 0.2) is 0 Å². The lowest BCUT2D eigenvalue weighted by Crippen LogP contribution is -2.53. The Kier molecular flexibility index (Phi) is 6.38. The van der Waals surface area contributed by atoms with E-state index in [1.807, 2.05) is 32.0 Å². The Balaban J connectivity index is 1.94. The molecule has 1 aromatic carbocycles. The first-order valence-corrected chi connectivity index (χ1v) is 8.55. The van der Waals surface area contributed by atoms with E-state index in [2.05, 4.69) is 5.32 Å². The van der Waals surface area contributed by atoms with Crippen LogP contribution in [0.25, 0.3) is 0 Å². The second kappa shape index (κ2) is 8.50. The van der Waals surface area contributed by atoms with Crippen molar-refractivity contribution in [2.45, 2.75) is 26.7 Å². The summed E-state index contributed by atoms with van der Waals surface area (Å²) in [5, 5.41) is 2.71. The summed E-state index contributed by atoms with van der Waals surface area (Å²) in [6.07, 6.45) is -0.384. The number of rotatable bonds is 3. The van der Waals surface area contributed by atoms with Gasteiger partial charge in [-0.05, 0) is 24.5 Å². The quantitative estimate of drug-likeness (QED) is 0.849. The van der Waals surface area contributed by atoms with Gasteiger partial charge in [0, 0.05) is 31.9 Å². The van der Waals surface area contributed by atoms with Crippen molar-refractivity contribution in [3.8, 4) is 0 Å². The van der Waals surface area contributed by atoms with Gasteiger partial charge >= 0.3 is 17.9 Å². The molecule has 1 saturated heterocycles. The van der Waals surface area contributed by atoms with Gasteiger partial charge in [-0.3, -0.25) is 9.59 Å². The van der Waals surface area contributed by atoms with Crippen LogP contribution in [0.2, 0.25) is 0 Å². The Morgan fingerprint density at radius 1 is 1.08 bits per heavy atom. The highest BCUT2D eigenvalue weighted by Gasteiger charge is 2.28. The predicted octanol–water partition coefficient (Wildman–Crippen LogP) is 2.05. The summed E-state index contributed by atoms with van der Waals surface area (Å²) >= 11 is 0. The van der Waals surface area contributed by atoms with Crippen LogP contribution in [-0.4, -0.2) is 60.5 Å². The van der Waals surface area contributed by atoms with Gasteiger partial charge in [0.2, 0.25) is 0 Å². The summed E-state index contributed by atoms with van der Waals surface area (Å²) < 4.78 is 4.94. The molecule has 0 aliphatic carbocycles. The van der Waals surface area contributed by atoms with E-state index >= 15 is 0 Å². The average molecular weight is 347 g/mol. The van der Waals surface area contributed by atoms with Gasteiger partial charge in [-0.2, -0.15) is 0 Å². The molecule has 7 nitrogen and oxygen atoms in total. The topological polar surface area (TPSA) is 79.0 Å². The van der Waals surface area contributed by atoms with E-state index < -0.39 is 11.8 Å². The molecular weight excluding hydrogens is 322 g/mol. The van der Waals surface area contributed by atoms with Crippen molar-refractivity contribution in [2.24, 2.45) is 0 Å². The number of amides is 3. The summed E-state index contributed by atoms with van der Waals surface area (Å²) in [6.45, 7) is 7.48. The first-order chi connectivity index (χ1) is 11.9. The van der Waals surface area contributed by atoms with Gasteiger partial charge < -0.3 is 19.9 Å². The van der Waals surface area contributed by atoms with Crippen molar-refractivity contribution in [3.05, 3.63) is 29.8 Å². The number of benzene rings is 1. The maximum absolute atomic E-state index is 12.4. The van der Waals surface area contributed by atoms with Crippen LogP contribution < -0.4 is 5.32 Å². The number of nitrogens with zero attached hydrogens (tertiary/aromatic N) is 2. The van der Waals surface area contributed by atoms with E-state index in [1.54, 1.807) is 17.9 Å². The Bertz CT molecular complexity index is 637. The van der Waals surface area contributed by atoms with Crippen LogP contribution in [0, 0.1) is 0 Å². The van der Waals surface area contributed by atoms with Gasteiger partial charge in [0.1, 0.15) is 0 Å². The monoisotopic (exact) mass is 347 g/mol. The molecule has 25 heavy (non-hydrogen) atoms. The number of carbonyl (C=O) groups excluding carboxylic acids is 3. The van der Waals surface area contributed by atoms with Crippen LogP contribution in [0.4, 0.5) is 10.5 Å². The van der Waals surface area contributed by atoms with Gasteiger partial charge in [-0.15, -0.1) is 0 Å². The number of carbonyl (C=O) groups is 3. The fourth-order valence-corrected chi connectivity index (χ4v) is 2.74. The van der Waals surface area contributed by atoms with Crippen molar-refractivity contribution in [1.29, 1.82) is 0 Å². The zero-order valence-corrected chi connectivity index (χ0v) is 14.9. The smallest absolute Gasteiger partial charge is 0.409 e. The van der Waals surface area contributed by atoms with E-state index in [9.17, 15) is 14.4 Å². The number of ether oxygens (including phenoxy) is 1. The zero-order valence-electron chi connectivity index (χ0n) is 14.9. The van der Waals surface area contributed by atoms with Crippen molar-refractivity contribution in [2.75, 3.05) is 38.1 Å². The first kappa shape index (κ1) is 18.8. The molecule has 2 rings (SSSR count). The molecule has 3 amide bonds. The second-order valence-corrected chi connectivity index (χ2v) is 6.17. The summed E-state index contributed by atoms with van der Waals surface area (Å²) in [5.41, 5.74) is 1.64. The Morgan fingerprint density at radius 2 is 1.68 bits per heavy atom. The van der Waals surface area contributed by atoms with Gasteiger partial charge in [-0.25, -0.2) is 4.79 Å². The highest BCUT2D eigenvalue weighted by molar-refractivity contribution is 6.39. The number of nitrogens with one attached hydrogen (secondary N) is 1. The predicted molar refractivity (Wildman–Crippen MR) is 94.3 cm³/mol. The van der Waals surface area contributed by atoms with Crippen LogP contribution in [0.15, 0.2) is 24.3 Å². The summed E-state index contributed by atoms with van der Waals surface area (Å²) in [6, 6.07) is 7.45. The summed E-state index contributed by atoms with van der Waals surface area (Å²) in [7, 11) is 0. The minimum atomic E-state index is -0.655. The van der Waals surface area contributed by atoms with E-state index in [-0.39, 0.29) is 12.0 Å². The molecular formula is C18H25N3O4. The van der Waals surface area contributed by atoms with E-state index in [0.29, 0.717) is 38.5 Å². The lowest BCUT2D eigenvalue weighted by Gasteiger charge is -2.33. The molecule has 0 bridgehead atoms. The van der Waals surface area contributed by atoms with Gasteiger partial charge in [0.05, 0.1) is 6.61 Å². The Hall–Kier alpha value is -2.57. The zero-order chi connectivity index (χ0) is 18.4. The van der Waals surface area contributed by atoms with Crippen molar-refractivity contribution >= 4 is 23.6 Å². The molecule has 1 N–H and O–H groups in total. The molecule has 0 saturated carbocycles. The van der Waals surface area contributed by atoms with E-state index in [4.69, 9.17) is 4.74 Å². The fraction of sp³-hybridized carbons (Fsp3) is 0.500. The molecule has 136 valence electrons. The van der Waals surface area contributed by atoms with Crippen molar-refractivity contribution < 1.29 is 19.1 Å². The largest absolute Gasteiger partial charge is 0.450 e. The maximum Gasteiger partial charge on any atom is 0.409 e. The standard InChI is InChI=1S/C18H25N3O4/c1-4-25-18(24)21-11-9-20(10-12-21)17(23)16(22)19-15-8-6-5-7-14(15)13(2)3/h5-8,13H,4,9-12H2,1-3H3,(H,19,22). The average Bonchev–Trinajstić information content (AvgIpc) is 2.61. The van der Waals surface area contributed by atoms with Crippen LogP contribution in [0.5, 0.6) is 0 Å². The number of para-hydroxylation sites is 1. The Morgan fingerprint density at radius 3 is 2.28 bits per heavy atom. The molecule has 1 aliphatic heterocycles. The fourth-order valence-electron chi connectivity index (χ4n) is 2.74. The third kappa shape index (κ3) is 4.71.